The van der Waals surface area contributed by atoms with Crippen LogP contribution >= 0.6 is 0 Å². The first kappa shape index (κ1) is 18.8. The van der Waals surface area contributed by atoms with Gasteiger partial charge in [-0.3, -0.25) is 0 Å². The SMILES string of the molecule is CC(C)(C)CCC(C)(C)OC[C@H](O)COc1ccccc1N. The van der Waals surface area contributed by atoms with E-state index >= 15 is 0 Å². The van der Waals surface area contributed by atoms with Gasteiger partial charge >= 0.3 is 0 Å². The zero-order valence-electron chi connectivity index (χ0n) is 14.6. The van der Waals surface area contributed by atoms with Gasteiger partial charge in [-0.1, -0.05) is 32.9 Å². The van der Waals surface area contributed by atoms with E-state index in [-0.39, 0.29) is 24.2 Å². The lowest BCUT2D eigenvalue weighted by Crippen LogP contribution is -2.33. The highest BCUT2D eigenvalue weighted by atomic mass is 16.5. The third-order valence-corrected chi connectivity index (χ3v) is 3.49. The molecule has 0 amide bonds. The minimum atomic E-state index is -0.673. The van der Waals surface area contributed by atoms with Crippen LogP contribution in [-0.4, -0.2) is 30.0 Å². The summed E-state index contributed by atoms with van der Waals surface area (Å²) in [4.78, 5) is 0. The van der Waals surface area contributed by atoms with Crippen LogP contribution in [0.3, 0.4) is 0 Å². The Labute approximate surface area is 134 Å². The van der Waals surface area contributed by atoms with Crippen molar-refractivity contribution in [1.29, 1.82) is 0 Å². The maximum absolute atomic E-state index is 10.0. The highest BCUT2D eigenvalue weighted by Gasteiger charge is 2.23. The fraction of sp³-hybridized carbons (Fsp3) is 0.667. The second-order valence-corrected chi connectivity index (χ2v) is 7.63. The lowest BCUT2D eigenvalue weighted by atomic mass is 9.86. The van der Waals surface area contributed by atoms with Gasteiger partial charge in [0.2, 0.25) is 0 Å². The number of benzene rings is 1. The molecule has 4 heteroatoms. The van der Waals surface area contributed by atoms with Gasteiger partial charge in [-0.05, 0) is 44.2 Å². The molecule has 1 aromatic carbocycles. The van der Waals surface area contributed by atoms with Gasteiger partial charge in [0.1, 0.15) is 18.5 Å². The zero-order chi connectivity index (χ0) is 16.8. The van der Waals surface area contributed by atoms with Gasteiger partial charge in [0.15, 0.2) is 0 Å². The summed E-state index contributed by atoms with van der Waals surface area (Å²) in [7, 11) is 0. The van der Waals surface area contributed by atoms with E-state index in [4.69, 9.17) is 15.2 Å². The van der Waals surface area contributed by atoms with E-state index in [0.717, 1.165) is 12.8 Å². The Morgan fingerprint density at radius 1 is 1.05 bits per heavy atom. The van der Waals surface area contributed by atoms with E-state index in [9.17, 15) is 5.11 Å². The van der Waals surface area contributed by atoms with Crippen molar-refractivity contribution >= 4 is 5.69 Å². The van der Waals surface area contributed by atoms with Gasteiger partial charge in [0.05, 0.1) is 17.9 Å². The molecular formula is C18H31NO3. The number of anilines is 1. The normalized spacial score (nSPS) is 13.9. The molecule has 0 radical (unpaired) electrons. The summed E-state index contributed by atoms with van der Waals surface area (Å²) in [5.74, 6) is 0.591. The molecule has 0 bridgehead atoms. The number of nitrogen functional groups attached to an aromatic ring is 1. The molecule has 0 saturated heterocycles. The van der Waals surface area contributed by atoms with Crippen LogP contribution in [0.4, 0.5) is 5.69 Å². The van der Waals surface area contributed by atoms with Crippen LogP contribution in [0.2, 0.25) is 0 Å². The summed E-state index contributed by atoms with van der Waals surface area (Å²) in [6.07, 6.45) is 1.36. The average Bonchev–Trinajstić information content (AvgIpc) is 2.42. The smallest absolute Gasteiger partial charge is 0.142 e. The highest BCUT2D eigenvalue weighted by molar-refractivity contribution is 5.51. The van der Waals surface area contributed by atoms with Crippen LogP contribution in [-0.2, 0) is 4.74 Å². The number of aliphatic hydroxyl groups is 1. The first-order chi connectivity index (χ1) is 10.1. The fourth-order valence-corrected chi connectivity index (χ4v) is 1.92. The fourth-order valence-electron chi connectivity index (χ4n) is 1.92. The molecule has 0 aliphatic carbocycles. The molecule has 1 aromatic rings. The molecule has 0 fully saturated rings. The minimum absolute atomic E-state index is 0.170. The van der Waals surface area contributed by atoms with Crippen molar-refractivity contribution in [1.82, 2.24) is 0 Å². The predicted molar refractivity (Wildman–Crippen MR) is 91.1 cm³/mol. The van der Waals surface area contributed by atoms with E-state index in [1.165, 1.54) is 0 Å². The van der Waals surface area contributed by atoms with Crippen LogP contribution in [0, 0.1) is 5.41 Å². The summed E-state index contributed by atoms with van der Waals surface area (Å²) in [5, 5.41) is 10.0. The number of nitrogens with two attached hydrogens (primary N) is 1. The summed E-state index contributed by atoms with van der Waals surface area (Å²) in [6.45, 7) is 11.2. The van der Waals surface area contributed by atoms with Crippen molar-refractivity contribution in [3.8, 4) is 5.75 Å². The van der Waals surface area contributed by atoms with Crippen LogP contribution in [0.1, 0.15) is 47.5 Å². The van der Waals surface area contributed by atoms with Gasteiger partial charge in [-0.2, -0.15) is 0 Å². The molecule has 126 valence electrons. The van der Waals surface area contributed by atoms with Gasteiger partial charge in [-0.15, -0.1) is 0 Å². The van der Waals surface area contributed by atoms with Gasteiger partial charge in [0, 0.05) is 0 Å². The number of ether oxygens (including phenoxy) is 2. The van der Waals surface area contributed by atoms with Crippen LogP contribution in [0.25, 0.3) is 0 Å². The third-order valence-electron chi connectivity index (χ3n) is 3.49. The third kappa shape index (κ3) is 7.66. The summed E-state index contributed by atoms with van der Waals surface area (Å²) in [5.41, 5.74) is 6.40. The van der Waals surface area contributed by atoms with Gasteiger partial charge in [-0.25, -0.2) is 0 Å². The monoisotopic (exact) mass is 309 g/mol. The van der Waals surface area contributed by atoms with Crippen molar-refractivity contribution in [2.45, 2.75) is 59.2 Å². The highest BCUT2D eigenvalue weighted by Crippen LogP contribution is 2.27. The average molecular weight is 309 g/mol. The molecule has 0 spiro atoms. The number of hydrogen-bond donors (Lipinski definition) is 2. The van der Waals surface area contributed by atoms with Crippen molar-refractivity contribution in [2.24, 2.45) is 5.41 Å². The first-order valence-electron chi connectivity index (χ1n) is 7.88. The maximum Gasteiger partial charge on any atom is 0.142 e. The van der Waals surface area contributed by atoms with Crippen molar-refractivity contribution < 1.29 is 14.6 Å². The number of rotatable bonds is 8. The van der Waals surface area contributed by atoms with E-state index in [1.807, 2.05) is 12.1 Å². The number of aliphatic hydroxyl groups excluding tert-OH is 1. The molecular weight excluding hydrogens is 278 g/mol. The quantitative estimate of drug-likeness (QED) is 0.720. The van der Waals surface area contributed by atoms with Crippen LogP contribution < -0.4 is 10.5 Å². The maximum atomic E-state index is 10.0. The van der Waals surface area contributed by atoms with Gasteiger partial charge in [0.25, 0.3) is 0 Å². The molecule has 4 nitrogen and oxygen atoms in total. The molecule has 0 aromatic heterocycles. The molecule has 1 rings (SSSR count). The summed E-state index contributed by atoms with van der Waals surface area (Å²) < 4.78 is 11.4. The minimum Gasteiger partial charge on any atom is -0.489 e. The van der Waals surface area contributed by atoms with Crippen LogP contribution in [0.15, 0.2) is 24.3 Å². The van der Waals surface area contributed by atoms with E-state index in [0.29, 0.717) is 11.4 Å². The molecule has 0 saturated carbocycles. The molecule has 3 N–H and O–H groups in total. The Kier molecular flexibility index (Phi) is 6.69. The molecule has 0 aliphatic heterocycles. The van der Waals surface area contributed by atoms with E-state index < -0.39 is 6.10 Å². The number of hydrogen-bond acceptors (Lipinski definition) is 4. The Morgan fingerprint density at radius 3 is 2.27 bits per heavy atom. The Morgan fingerprint density at radius 2 is 1.68 bits per heavy atom. The molecule has 0 aliphatic rings. The summed E-state index contributed by atoms with van der Waals surface area (Å²) in [6, 6.07) is 7.26. The predicted octanol–water partition coefficient (Wildman–Crippen LogP) is 3.63. The Hall–Kier alpha value is -1.26. The van der Waals surface area contributed by atoms with E-state index in [2.05, 4.69) is 34.6 Å². The summed E-state index contributed by atoms with van der Waals surface area (Å²) >= 11 is 0. The topological polar surface area (TPSA) is 64.7 Å². The van der Waals surface area contributed by atoms with Crippen molar-refractivity contribution in [2.75, 3.05) is 18.9 Å². The first-order valence-corrected chi connectivity index (χ1v) is 7.88. The number of para-hydroxylation sites is 2. The molecule has 0 heterocycles. The van der Waals surface area contributed by atoms with Gasteiger partial charge < -0.3 is 20.3 Å². The zero-order valence-corrected chi connectivity index (χ0v) is 14.6. The standard InChI is InChI=1S/C18H31NO3/c1-17(2,3)10-11-18(4,5)22-13-14(20)12-21-16-9-7-6-8-15(16)19/h6-9,14,20H,10-13,19H2,1-5H3/t14-/m1/s1. The second kappa shape index (κ2) is 7.84. The second-order valence-electron chi connectivity index (χ2n) is 7.63. The van der Waals surface area contributed by atoms with Crippen molar-refractivity contribution in [3.05, 3.63) is 24.3 Å². The lowest BCUT2D eigenvalue weighted by Gasteiger charge is -2.30. The molecule has 22 heavy (non-hydrogen) atoms. The molecule has 1 atom stereocenters. The molecule has 0 unspecified atom stereocenters. The Balaban J connectivity index is 2.33. The van der Waals surface area contributed by atoms with Crippen LogP contribution in [0.5, 0.6) is 5.75 Å². The largest absolute Gasteiger partial charge is 0.489 e. The Bertz CT molecular complexity index is 452. The lowest BCUT2D eigenvalue weighted by molar-refractivity contribution is -0.0752. The van der Waals surface area contributed by atoms with Crippen molar-refractivity contribution in [3.63, 3.8) is 0 Å². The van der Waals surface area contributed by atoms with E-state index in [1.54, 1.807) is 12.1 Å².